The van der Waals surface area contributed by atoms with Crippen LogP contribution in [0.4, 0.5) is 0 Å². The van der Waals surface area contributed by atoms with Gasteiger partial charge in [0.15, 0.2) is 0 Å². The van der Waals surface area contributed by atoms with Crippen LogP contribution in [0, 0.1) is 0 Å². The lowest BCUT2D eigenvalue weighted by Gasteiger charge is -2.27. The molecule has 1 atom stereocenters. The van der Waals surface area contributed by atoms with Crippen molar-refractivity contribution in [2.45, 2.75) is 31.1 Å². The molecular formula is C11H10O4. The highest BCUT2D eigenvalue weighted by Crippen LogP contribution is 2.44. The van der Waals surface area contributed by atoms with E-state index < -0.39 is 17.4 Å². The van der Waals surface area contributed by atoms with E-state index in [1.807, 2.05) is 0 Å². The molecule has 0 N–H and O–H groups in total. The topological polar surface area (TPSA) is 56.5 Å². The Bertz CT molecular complexity index is 445. The number of esters is 2. The maximum atomic E-state index is 11.7. The van der Waals surface area contributed by atoms with Gasteiger partial charge < -0.3 is 9.15 Å². The van der Waals surface area contributed by atoms with Crippen molar-refractivity contribution < 1.29 is 18.7 Å². The molecule has 0 bridgehead atoms. The van der Waals surface area contributed by atoms with E-state index in [1.54, 1.807) is 12.3 Å². The number of furan rings is 1. The van der Waals surface area contributed by atoms with Crippen molar-refractivity contribution >= 4 is 11.9 Å². The first-order valence-electron chi connectivity index (χ1n) is 5.04. The summed E-state index contributed by atoms with van der Waals surface area (Å²) in [5.41, 5.74) is 0.113. The standard InChI is InChI=1S/C11H10O4/c12-9-6-11(10(13)15-9)4-1-2-8-7(11)3-5-14-8/h3,5H,1-2,4,6H2. The van der Waals surface area contributed by atoms with Crippen LogP contribution in [-0.4, -0.2) is 11.9 Å². The van der Waals surface area contributed by atoms with Crippen LogP contribution in [0.1, 0.15) is 30.6 Å². The van der Waals surface area contributed by atoms with Gasteiger partial charge in [0.2, 0.25) is 0 Å². The Kier molecular flexibility index (Phi) is 1.58. The zero-order valence-corrected chi connectivity index (χ0v) is 8.12. The third-order valence-corrected chi connectivity index (χ3v) is 3.31. The minimum Gasteiger partial charge on any atom is -0.469 e. The lowest BCUT2D eigenvalue weighted by Crippen LogP contribution is -2.34. The van der Waals surface area contributed by atoms with Crippen molar-refractivity contribution in [2.24, 2.45) is 0 Å². The third-order valence-electron chi connectivity index (χ3n) is 3.31. The van der Waals surface area contributed by atoms with Crippen LogP contribution in [0.25, 0.3) is 0 Å². The number of carbonyl (C=O) groups is 2. The molecule has 15 heavy (non-hydrogen) atoms. The Morgan fingerprint density at radius 2 is 2.20 bits per heavy atom. The van der Waals surface area contributed by atoms with Crippen molar-refractivity contribution in [3.63, 3.8) is 0 Å². The van der Waals surface area contributed by atoms with E-state index in [4.69, 9.17) is 4.42 Å². The highest BCUT2D eigenvalue weighted by atomic mass is 16.6. The summed E-state index contributed by atoms with van der Waals surface area (Å²) in [7, 11) is 0. The Morgan fingerprint density at radius 1 is 1.33 bits per heavy atom. The van der Waals surface area contributed by atoms with E-state index in [0.717, 1.165) is 24.2 Å². The predicted octanol–water partition coefficient (Wildman–Crippen LogP) is 1.33. The number of hydrogen-bond donors (Lipinski definition) is 0. The van der Waals surface area contributed by atoms with E-state index in [0.29, 0.717) is 6.42 Å². The minimum absolute atomic E-state index is 0.165. The molecule has 78 valence electrons. The molecule has 2 aliphatic rings. The molecule has 4 nitrogen and oxygen atoms in total. The summed E-state index contributed by atoms with van der Waals surface area (Å²) in [5.74, 6) is -0.00296. The summed E-state index contributed by atoms with van der Waals surface area (Å²) >= 11 is 0. The summed E-state index contributed by atoms with van der Waals surface area (Å²) in [5, 5.41) is 0. The van der Waals surface area contributed by atoms with E-state index in [9.17, 15) is 9.59 Å². The second-order valence-electron chi connectivity index (χ2n) is 4.13. The lowest BCUT2D eigenvalue weighted by molar-refractivity contribution is -0.153. The largest absolute Gasteiger partial charge is 0.469 e. The molecule has 1 aliphatic carbocycles. The average molecular weight is 206 g/mol. The highest BCUT2D eigenvalue weighted by molar-refractivity contribution is 6.01. The quantitative estimate of drug-likeness (QED) is 0.474. The van der Waals surface area contributed by atoms with Crippen LogP contribution < -0.4 is 0 Å². The number of hydrogen-bond acceptors (Lipinski definition) is 4. The number of ether oxygens (including phenoxy) is 1. The Morgan fingerprint density at radius 3 is 2.93 bits per heavy atom. The van der Waals surface area contributed by atoms with Gasteiger partial charge in [0.05, 0.1) is 12.7 Å². The molecule has 1 saturated heterocycles. The van der Waals surface area contributed by atoms with Gasteiger partial charge in [0.1, 0.15) is 11.2 Å². The van der Waals surface area contributed by atoms with Crippen LogP contribution in [0.3, 0.4) is 0 Å². The zero-order valence-electron chi connectivity index (χ0n) is 8.12. The number of cyclic esters (lactones) is 2. The van der Waals surface area contributed by atoms with Gasteiger partial charge in [-0.1, -0.05) is 0 Å². The Hall–Kier alpha value is -1.58. The molecule has 0 saturated carbocycles. The fourth-order valence-corrected chi connectivity index (χ4v) is 2.60. The number of fused-ring (bicyclic) bond motifs is 2. The molecule has 0 aromatic carbocycles. The first-order valence-corrected chi connectivity index (χ1v) is 5.04. The first-order chi connectivity index (χ1) is 7.22. The molecule has 3 rings (SSSR count). The fourth-order valence-electron chi connectivity index (χ4n) is 2.60. The SMILES string of the molecule is O=C1CC2(CCCc3occc32)C(=O)O1. The zero-order chi connectivity index (χ0) is 10.5. The van der Waals surface area contributed by atoms with Crippen LogP contribution in [-0.2, 0) is 26.2 Å². The van der Waals surface area contributed by atoms with Crippen LogP contribution in [0.15, 0.2) is 16.7 Å². The molecule has 1 aromatic rings. The van der Waals surface area contributed by atoms with Crippen molar-refractivity contribution in [3.05, 3.63) is 23.7 Å². The van der Waals surface area contributed by atoms with Gasteiger partial charge in [0, 0.05) is 12.0 Å². The van der Waals surface area contributed by atoms with E-state index in [2.05, 4.69) is 4.74 Å². The van der Waals surface area contributed by atoms with E-state index >= 15 is 0 Å². The maximum Gasteiger partial charge on any atom is 0.324 e. The molecule has 0 radical (unpaired) electrons. The molecule has 1 spiro atoms. The molecule has 1 unspecified atom stereocenters. The summed E-state index contributed by atoms with van der Waals surface area (Å²) < 4.78 is 9.97. The maximum absolute atomic E-state index is 11.7. The van der Waals surface area contributed by atoms with Crippen molar-refractivity contribution in [1.29, 1.82) is 0 Å². The third kappa shape index (κ3) is 1.02. The average Bonchev–Trinajstić information content (AvgIpc) is 2.74. The van der Waals surface area contributed by atoms with Crippen molar-refractivity contribution in [1.82, 2.24) is 0 Å². The highest BCUT2D eigenvalue weighted by Gasteiger charge is 2.53. The Balaban J connectivity index is 2.15. The number of aryl methyl sites for hydroxylation is 1. The van der Waals surface area contributed by atoms with Crippen LogP contribution in [0.5, 0.6) is 0 Å². The normalized spacial score (nSPS) is 29.3. The Labute approximate surface area is 86.2 Å². The van der Waals surface area contributed by atoms with Gasteiger partial charge >= 0.3 is 11.9 Å². The molecule has 1 fully saturated rings. The fraction of sp³-hybridized carbons (Fsp3) is 0.455. The molecular weight excluding hydrogens is 196 g/mol. The van der Waals surface area contributed by atoms with Crippen molar-refractivity contribution in [3.8, 4) is 0 Å². The van der Waals surface area contributed by atoms with Crippen molar-refractivity contribution in [2.75, 3.05) is 0 Å². The predicted molar refractivity (Wildman–Crippen MR) is 49.0 cm³/mol. The van der Waals surface area contributed by atoms with Gasteiger partial charge in [-0.3, -0.25) is 9.59 Å². The summed E-state index contributed by atoms with van der Waals surface area (Å²) in [6.45, 7) is 0. The summed E-state index contributed by atoms with van der Waals surface area (Å²) in [6.07, 6.45) is 4.13. The first kappa shape index (κ1) is 8.71. The smallest absolute Gasteiger partial charge is 0.324 e. The second-order valence-corrected chi connectivity index (χ2v) is 4.13. The van der Waals surface area contributed by atoms with E-state index in [1.165, 1.54) is 0 Å². The van der Waals surface area contributed by atoms with Gasteiger partial charge in [-0.25, -0.2) is 0 Å². The lowest BCUT2D eigenvalue weighted by atomic mass is 9.71. The number of carbonyl (C=O) groups excluding carboxylic acids is 2. The minimum atomic E-state index is -0.738. The van der Waals surface area contributed by atoms with Gasteiger partial charge in [-0.2, -0.15) is 0 Å². The summed E-state index contributed by atoms with van der Waals surface area (Å²) in [6, 6.07) is 1.79. The second kappa shape index (κ2) is 2.72. The molecule has 1 aliphatic heterocycles. The van der Waals surface area contributed by atoms with Gasteiger partial charge in [-0.05, 0) is 18.9 Å². The number of rotatable bonds is 0. The molecule has 4 heteroatoms. The monoisotopic (exact) mass is 206 g/mol. The molecule has 0 amide bonds. The molecule has 1 aromatic heterocycles. The molecule has 2 heterocycles. The van der Waals surface area contributed by atoms with Gasteiger partial charge in [-0.15, -0.1) is 0 Å². The summed E-state index contributed by atoms with van der Waals surface area (Å²) in [4.78, 5) is 22.9. The van der Waals surface area contributed by atoms with Crippen LogP contribution in [0.2, 0.25) is 0 Å². The van der Waals surface area contributed by atoms with E-state index in [-0.39, 0.29) is 6.42 Å². The van der Waals surface area contributed by atoms with Gasteiger partial charge in [0.25, 0.3) is 0 Å². The van der Waals surface area contributed by atoms with Crippen LogP contribution >= 0.6 is 0 Å².